The molecule has 8 heteroatoms. The summed E-state index contributed by atoms with van der Waals surface area (Å²) in [6.45, 7) is 3.46. The van der Waals surface area contributed by atoms with Crippen LogP contribution < -0.4 is 10.1 Å². The molecule has 2 heterocycles. The molecule has 0 atom stereocenters. The van der Waals surface area contributed by atoms with E-state index in [2.05, 4.69) is 15.4 Å². The minimum Gasteiger partial charge on any atom is -0.495 e. The number of fused-ring (bicyclic) bond motifs is 1. The monoisotopic (exact) mass is 382 g/mol. The number of rotatable bonds is 7. The molecule has 8 nitrogen and oxygen atoms in total. The summed E-state index contributed by atoms with van der Waals surface area (Å²) in [6.07, 6.45) is 1.91. The molecular formula is C20H26N6O2. The first-order valence-electron chi connectivity index (χ1n) is 9.05. The fourth-order valence-corrected chi connectivity index (χ4v) is 2.76. The van der Waals surface area contributed by atoms with Crippen LogP contribution in [-0.2, 0) is 0 Å². The number of hydrogen-bond donors (Lipinski definition) is 1. The normalized spacial score (nSPS) is 11.1. The molecule has 0 bridgehead atoms. The summed E-state index contributed by atoms with van der Waals surface area (Å²) in [5.41, 5.74) is 3.12. The van der Waals surface area contributed by atoms with E-state index in [9.17, 15) is 4.79 Å². The molecule has 2 aromatic heterocycles. The van der Waals surface area contributed by atoms with Gasteiger partial charge in [0.05, 0.1) is 12.8 Å². The van der Waals surface area contributed by atoms with Crippen molar-refractivity contribution >= 4 is 23.2 Å². The highest BCUT2D eigenvalue weighted by Gasteiger charge is 2.15. The van der Waals surface area contributed by atoms with Crippen molar-refractivity contribution in [2.75, 3.05) is 46.7 Å². The Kier molecular flexibility index (Phi) is 5.79. The minimum absolute atomic E-state index is 0.0481. The van der Waals surface area contributed by atoms with E-state index in [1.807, 2.05) is 50.3 Å². The van der Waals surface area contributed by atoms with Gasteiger partial charge in [-0.15, -0.1) is 5.10 Å². The number of pyridine rings is 1. The lowest BCUT2D eigenvalue weighted by molar-refractivity contribution is 0.0786. The Morgan fingerprint density at radius 3 is 2.68 bits per heavy atom. The lowest BCUT2D eigenvalue weighted by Gasteiger charge is -2.20. The third-order valence-corrected chi connectivity index (χ3v) is 4.40. The Morgan fingerprint density at radius 1 is 1.18 bits per heavy atom. The van der Waals surface area contributed by atoms with Crippen LogP contribution in [0, 0.1) is 6.92 Å². The highest BCUT2D eigenvalue weighted by Crippen LogP contribution is 2.28. The number of aryl methyl sites for hydroxylation is 1. The number of aromatic nitrogens is 3. The molecule has 0 aliphatic heterocycles. The van der Waals surface area contributed by atoms with E-state index >= 15 is 0 Å². The second-order valence-electron chi connectivity index (χ2n) is 7.01. The number of nitrogens with one attached hydrogen (secondary N) is 1. The van der Waals surface area contributed by atoms with E-state index < -0.39 is 0 Å². The Labute approximate surface area is 164 Å². The van der Waals surface area contributed by atoms with E-state index in [0.29, 0.717) is 29.5 Å². The van der Waals surface area contributed by atoms with Crippen LogP contribution in [0.3, 0.4) is 0 Å². The van der Waals surface area contributed by atoms with Gasteiger partial charge in [0.1, 0.15) is 5.75 Å². The molecule has 0 saturated carbocycles. The zero-order valence-corrected chi connectivity index (χ0v) is 16.9. The van der Waals surface area contributed by atoms with E-state index in [4.69, 9.17) is 4.74 Å². The maximum Gasteiger partial charge on any atom is 0.253 e. The molecular weight excluding hydrogens is 356 g/mol. The van der Waals surface area contributed by atoms with Gasteiger partial charge >= 0.3 is 0 Å². The van der Waals surface area contributed by atoms with Crippen molar-refractivity contribution < 1.29 is 9.53 Å². The largest absolute Gasteiger partial charge is 0.495 e. The number of hydrogen-bond acceptors (Lipinski definition) is 6. The molecule has 1 aromatic carbocycles. The number of methoxy groups -OCH3 is 1. The standard InChI is InChI=1S/C20H26N6O2/c1-14-6-9-18-22-20(23-26(18)13-14)21-16-8-7-15(12-17(16)28-5)19(27)25(4)11-10-24(2)3/h6-9,12-13H,10-11H2,1-5H3,(H,21,23). The average molecular weight is 382 g/mol. The summed E-state index contributed by atoms with van der Waals surface area (Å²) in [7, 11) is 7.34. The molecule has 0 spiro atoms. The topological polar surface area (TPSA) is 75.0 Å². The molecule has 0 aliphatic rings. The van der Waals surface area contributed by atoms with Crippen molar-refractivity contribution in [2.24, 2.45) is 0 Å². The highest BCUT2D eigenvalue weighted by atomic mass is 16.5. The van der Waals surface area contributed by atoms with Gasteiger partial charge in [0.2, 0.25) is 5.95 Å². The third-order valence-electron chi connectivity index (χ3n) is 4.40. The summed E-state index contributed by atoms with van der Waals surface area (Å²) in [5, 5.41) is 7.60. The number of nitrogens with zero attached hydrogens (tertiary/aromatic N) is 5. The number of ether oxygens (including phenoxy) is 1. The van der Waals surface area contributed by atoms with Gasteiger partial charge in [-0.25, -0.2) is 4.52 Å². The van der Waals surface area contributed by atoms with Crippen LogP contribution >= 0.6 is 0 Å². The lowest BCUT2D eigenvalue weighted by Crippen LogP contribution is -2.33. The van der Waals surface area contributed by atoms with Crippen molar-refractivity contribution in [3.63, 3.8) is 0 Å². The number of carbonyl (C=O) groups is 1. The zero-order chi connectivity index (χ0) is 20.3. The maximum atomic E-state index is 12.6. The summed E-state index contributed by atoms with van der Waals surface area (Å²) < 4.78 is 7.20. The molecule has 1 amide bonds. The molecule has 148 valence electrons. The van der Waals surface area contributed by atoms with Crippen LogP contribution in [0.15, 0.2) is 36.5 Å². The van der Waals surface area contributed by atoms with Crippen LogP contribution in [-0.4, -0.2) is 71.6 Å². The molecule has 28 heavy (non-hydrogen) atoms. The zero-order valence-electron chi connectivity index (χ0n) is 16.9. The predicted molar refractivity (Wildman–Crippen MR) is 110 cm³/mol. The number of benzene rings is 1. The smallest absolute Gasteiger partial charge is 0.253 e. The van der Waals surface area contributed by atoms with E-state index in [1.165, 1.54) is 0 Å². The van der Waals surface area contributed by atoms with Gasteiger partial charge in [0.15, 0.2) is 5.65 Å². The van der Waals surface area contributed by atoms with E-state index in [0.717, 1.165) is 17.8 Å². The fourth-order valence-electron chi connectivity index (χ4n) is 2.76. The number of carbonyl (C=O) groups excluding carboxylic acids is 1. The second-order valence-corrected chi connectivity index (χ2v) is 7.01. The predicted octanol–water partition coefficient (Wildman–Crippen LogP) is 2.42. The molecule has 1 N–H and O–H groups in total. The molecule has 0 unspecified atom stereocenters. The summed E-state index contributed by atoms with van der Waals surface area (Å²) in [4.78, 5) is 20.8. The summed E-state index contributed by atoms with van der Waals surface area (Å²) in [5.74, 6) is 0.973. The van der Waals surface area contributed by atoms with Gasteiger partial charge in [-0.1, -0.05) is 6.07 Å². The van der Waals surface area contributed by atoms with Crippen molar-refractivity contribution in [3.8, 4) is 5.75 Å². The van der Waals surface area contributed by atoms with Gasteiger partial charge in [0, 0.05) is 31.9 Å². The van der Waals surface area contributed by atoms with Crippen LogP contribution in [0.4, 0.5) is 11.6 Å². The third kappa shape index (κ3) is 4.40. The average Bonchev–Trinajstić information content (AvgIpc) is 3.07. The van der Waals surface area contributed by atoms with Gasteiger partial charge in [-0.3, -0.25) is 4.79 Å². The first kappa shape index (κ1) is 19.6. The van der Waals surface area contributed by atoms with Crippen molar-refractivity contribution in [2.45, 2.75) is 6.92 Å². The summed E-state index contributed by atoms with van der Waals surface area (Å²) >= 11 is 0. The van der Waals surface area contributed by atoms with Crippen LogP contribution in [0.2, 0.25) is 0 Å². The van der Waals surface area contributed by atoms with E-state index in [-0.39, 0.29) is 5.91 Å². The van der Waals surface area contributed by atoms with Crippen molar-refractivity contribution in [1.29, 1.82) is 0 Å². The Bertz CT molecular complexity index is 982. The Hall–Kier alpha value is -3.13. The van der Waals surface area contributed by atoms with Crippen LogP contribution in [0.1, 0.15) is 15.9 Å². The van der Waals surface area contributed by atoms with Crippen LogP contribution in [0.5, 0.6) is 5.75 Å². The number of amides is 1. The first-order valence-corrected chi connectivity index (χ1v) is 9.05. The second kappa shape index (κ2) is 8.26. The van der Waals surface area contributed by atoms with E-state index in [1.54, 1.807) is 35.7 Å². The summed E-state index contributed by atoms with van der Waals surface area (Å²) in [6, 6.07) is 9.22. The van der Waals surface area contributed by atoms with Gasteiger partial charge < -0.3 is 19.9 Å². The fraction of sp³-hybridized carbons (Fsp3) is 0.350. The minimum atomic E-state index is -0.0481. The number of anilines is 2. The maximum absolute atomic E-state index is 12.6. The molecule has 3 aromatic rings. The molecule has 0 saturated heterocycles. The van der Waals surface area contributed by atoms with Crippen molar-refractivity contribution in [3.05, 3.63) is 47.7 Å². The van der Waals surface area contributed by atoms with Crippen molar-refractivity contribution in [1.82, 2.24) is 24.4 Å². The Morgan fingerprint density at radius 2 is 1.96 bits per heavy atom. The molecule has 3 rings (SSSR count). The number of likely N-dealkylation sites (N-methyl/N-ethyl adjacent to an activating group) is 2. The highest BCUT2D eigenvalue weighted by molar-refractivity contribution is 5.95. The molecule has 0 aliphatic carbocycles. The first-order chi connectivity index (χ1) is 13.4. The molecule has 0 fully saturated rings. The SMILES string of the molecule is COc1cc(C(=O)N(C)CCN(C)C)ccc1Nc1nc2ccc(C)cn2n1. The Balaban J connectivity index is 1.79. The van der Waals surface area contributed by atoms with Gasteiger partial charge in [-0.05, 0) is 50.8 Å². The van der Waals surface area contributed by atoms with Gasteiger partial charge in [0.25, 0.3) is 5.91 Å². The van der Waals surface area contributed by atoms with Crippen LogP contribution in [0.25, 0.3) is 5.65 Å². The lowest BCUT2D eigenvalue weighted by atomic mass is 10.1. The molecule has 0 radical (unpaired) electrons. The quantitative estimate of drug-likeness (QED) is 0.676. The van der Waals surface area contributed by atoms with Gasteiger partial charge in [-0.2, -0.15) is 4.98 Å².